The molecule has 0 aliphatic carbocycles. The number of amides is 1. The summed E-state index contributed by atoms with van der Waals surface area (Å²) >= 11 is 0. The molecule has 1 aromatic carbocycles. The molecule has 1 atom stereocenters. The summed E-state index contributed by atoms with van der Waals surface area (Å²) < 4.78 is 18.6. The van der Waals surface area contributed by atoms with Crippen LogP contribution < -0.4 is 10.6 Å². The third-order valence-corrected chi connectivity index (χ3v) is 4.85. The number of benzene rings is 1. The molecule has 8 heteroatoms. The van der Waals surface area contributed by atoms with Crippen LogP contribution in [0.25, 0.3) is 0 Å². The van der Waals surface area contributed by atoms with Crippen LogP contribution in [0, 0.1) is 5.82 Å². The third-order valence-electron chi connectivity index (χ3n) is 4.85. The lowest BCUT2D eigenvalue weighted by atomic mass is 10.1. The fourth-order valence-electron chi connectivity index (χ4n) is 3.26. The van der Waals surface area contributed by atoms with Crippen molar-refractivity contribution in [3.63, 3.8) is 0 Å². The predicted octanol–water partition coefficient (Wildman–Crippen LogP) is 3.48. The number of likely N-dealkylation sites (tertiary alicyclic amines) is 1. The minimum Gasteiger partial charge on any atom is -0.375 e. The van der Waals surface area contributed by atoms with Crippen molar-refractivity contribution in [3.8, 4) is 0 Å². The zero-order valence-electron chi connectivity index (χ0n) is 17.5. The molecule has 0 spiro atoms. The van der Waals surface area contributed by atoms with Gasteiger partial charge in [0.2, 0.25) is 5.91 Å². The lowest BCUT2D eigenvalue weighted by molar-refractivity contribution is -0.130. The molecule has 2 rings (SSSR count). The maximum atomic E-state index is 13.1. The Morgan fingerprint density at radius 2 is 2.00 bits per heavy atom. The quantitative estimate of drug-likeness (QED) is 0.227. The van der Waals surface area contributed by atoms with Crippen molar-refractivity contribution in [1.29, 1.82) is 0 Å². The Balaban J connectivity index is 0.00000420. The van der Waals surface area contributed by atoms with E-state index in [-0.39, 0.29) is 41.8 Å². The topological polar surface area (TPSA) is 66.0 Å². The molecule has 0 bridgehead atoms. The largest absolute Gasteiger partial charge is 0.375 e. The molecule has 1 saturated heterocycles. The molecule has 1 unspecified atom stereocenters. The smallest absolute Gasteiger partial charge is 0.222 e. The van der Waals surface area contributed by atoms with Crippen LogP contribution in [0.5, 0.6) is 0 Å². The molecule has 29 heavy (non-hydrogen) atoms. The van der Waals surface area contributed by atoms with Crippen LogP contribution in [0.4, 0.5) is 4.39 Å². The van der Waals surface area contributed by atoms with E-state index in [0.29, 0.717) is 18.9 Å². The molecule has 0 saturated carbocycles. The van der Waals surface area contributed by atoms with Crippen molar-refractivity contribution >= 4 is 35.8 Å². The van der Waals surface area contributed by atoms with Crippen molar-refractivity contribution in [2.24, 2.45) is 4.99 Å². The van der Waals surface area contributed by atoms with E-state index in [1.165, 1.54) is 12.1 Å². The fraction of sp³-hybridized carbons (Fsp3) is 0.619. The van der Waals surface area contributed by atoms with Gasteiger partial charge in [-0.05, 0) is 43.9 Å². The summed E-state index contributed by atoms with van der Waals surface area (Å²) in [6.07, 6.45) is 4.59. The highest BCUT2D eigenvalue weighted by atomic mass is 127. The standard InChI is InChI=1S/C21H33FN4O2.HI/c1-3-23-21(24-13-7-15-26-14-6-4-5-8-20(26)27)25-16-19(28-2)17-9-11-18(22)12-10-17;/h9-12,19H,3-8,13-16H2,1-2H3,(H2,23,24,25);1H. The number of halogens is 2. The number of hydrogen-bond donors (Lipinski definition) is 2. The van der Waals surface area contributed by atoms with Crippen molar-refractivity contribution in [2.45, 2.75) is 45.1 Å². The SMILES string of the molecule is CCNC(=NCC(OC)c1ccc(F)cc1)NCCCN1CCCCCC1=O.I. The van der Waals surface area contributed by atoms with Gasteiger partial charge < -0.3 is 20.3 Å². The third kappa shape index (κ3) is 9.29. The minimum absolute atomic E-state index is 0. The second-order valence-corrected chi connectivity index (χ2v) is 6.97. The Morgan fingerprint density at radius 3 is 2.69 bits per heavy atom. The van der Waals surface area contributed by atoms with Crippen LogP contribution in [0.2, 0.25) is 0 Å². The fourth-order valence-corrected chi connectivity index (χ4v) is 3.26. The van der Waals surface area contributed by atoms with Crippen LogP contribution in [0.15, 0.2) is 29.3 Å². The van der Waals surface area contributed by atoms with E-state index in [2.05, 4.69) is 15.6 Å². The van der Waals surface area contributed by atoms with Gasteiger partial charge in [0.15, 0.2) is 5.96 Å². The summed E-state index contributed by atoms with van der Waals surface area (Å²) in [5.74, 6) is 0.731. The normalized spacial score (nSPS) is 16.0. The van der Waals surface area contributed by atoms with Gasteiger partial charge in [-0.15, -0.1) is 24.0 Å². The predicted molar refractivity (Wildman–Crippen MR) is 125 cm³/mol. The van der Waals surface area contributed by atoms with Gasteiger partial charge in [-0.25, -0.2) is 4.39 Å². The van der Waals surface area contributed by atoms with Gasteiger partial charge in [0.1, 0.15) is 11.9 Å². The molecule has 1 aliphatic heterocycles. The van der Waals surface area contributed by atoms with E-state index >= 15 is 0 Å². The Morgan fingerprint density at radius 1 is 1.24 bits per heavy atom. The van der Waals surface area contributed by atoms with E-state index in [0.717, 1.165) is 57.4 Å². The van der Waals surface area contributed by atoms with Crippen LogP contribution >= 0.6 is 24.0 Å². The average molecular weight is 520 g/mol. The number of guanidine groups is 1. The van der Waals surface area contributed by atoms with Crippen molar-refractivity contribution in [3.05, 3.63) is 35.6 Å². The second kappa shape index (κ2) is 14.5. The number of hydrogen-bond acceptors (Lipinski definition) is 3. The first-order valence-electron chi connectivity index (χ1n) is 10.2. The maximum Gasteiger partial charge on any atom is 0.222 e. The summed E-state index contributed by atoms with van der Waals surface area (Å²) in [6, 6.07) is 6.30. The number of nitrogens with zero attached hydrogens (tertiary/aromatic N) is 2. The second-order valence-electron chi connectivity index (χ2n) is 6.97. The molecule has 1 heterocycles. The summed E-state index contributed by atoms with van der Waals surface area (Å²) in [7, 11) is 1.63. The Bertz CT molecular complexity index is 628. The Kier molecular flexibility index (Phi) is 12.8. The first-order chi connectivity index (χ1) is 13.6. The number of carbonyl (C=O) groups excluding carboxylic acids is 1. The van der Waals surface area contributed by atoms with E-state index in [1.807, 2.05) is 11.8 Å². The molecule has 2 N–H and O–H groups in total. The lowest BCUT2D eigenvalue weighted by Crippen LogP contribution is -2.39. The van der Waals surface area contributed by atoms with Gasteiger partial charge in [0.05, 0.1) is 6.54 Å². The van der Waals surface area contributed by atoms with Crippen molar-refractivity contribution in [2.75, 3.05) is 39.8 Å². The molecule has 1 fully saturated rings. The molecule has 0 aromatic heterocycles. The monoisotopic (exact) mass is 520 g/mol. The first kappa shape index (κ1) is 25.6. The van der Waals surface area contributed by atoms with Crippen LogP contribution in [-0.4, -0.2) is 56.6 Å². The highest BCUT2D eigenvalue weighted by Gasteiger charge is 2.15. The average Bonchev–Trinajstić information content (AvgIpc) is 2.91. The highest BCUT2D eigenvalue weighted by molar-refractivity contribution is 14.0. The van der Waals surface area contributed by atoms with E-state index in [1.54, 1.807) is 19.2 Å². The van der Waals surface area contributed by atoms with Gasteiger partial charge >= 0.3 is 0 Å². The van der Waals surface area contributed by atoms with Crippen molar-refractivity contribution < 1.29 is 13.9 Å². The minimum atomic E-state index is -0.264. The Labute approximate surface area is 190 Å². The van der Waals surface area contributed by atoms with Crippen LogP contribution in [0.3, 0.4) is 0 Å². The molecule has 1 aromatic rings. The number of aliphatic imine (C=N–C) groups is 1. The van der Waals surface area contributed by atoms with Gasteiger partial charge in [-0.3, -0.25) is 9.79 Å². The number of rotatable bonds is 9. The van der Waals surface area contributed by atoms with E-state index in [9.17, 15) is 9.18 Å². The van der Waals surface area contributed by atoms with Gasteiger partial charge in [0.25, 0.3) is 0 Å². The molecule has 0 radical (unpaired) electrons. The first-order valence-corrected chi connectivity index (χ1v) is 10.2. The molecule has 6 nitrogen and oxygen atoms in total. The van der Waals surface area contributed by atoms with E-state index < -0.39 is 0 Å². The molecular weight excluding hydrogens is 486 g/mol. The van der Waals surface area contributed by atoms with Crippen LogP contribution in [0.1, 0.15) is 50.7 Å². The zero-order chi connectivity index (χ0) is 20.2. The van der Waals surface area contributed by atoms with Gasteiger partial charge in [0, 0.05) is 39.7 Å². The van der Waals surface area contributed by atoms with Crippen LogP contribution in [-0.2, 0) is 9.53 Å². The summed E-state index contributed by atoms with van der Waals surface area (Å²) in [5, 5.41) is 6.54. The zero-order valence-corrected chi connectivity index (χ0v) is 19.8. The summed E-state index contributed by atoms with van der Waals surface area (Å²) in [4.78, 5) is 18.6. The summed E-state index contributed by atoms with van der Waals surface area (Å²) in [5.41, 5.74) is 0.892. The number of ether oxygens (including phenoxy) is 1. The molecule has 164 valence electrons. The highest BCUT2D eigenvalue weighted by Crippen LogP contribution is 2.17. The molecule has 1 amide bonds. The maximum absolute atomic E-state index is 13.1. The van der Waals surface area contributed by atoms with Gasteiger partial charge in [-0.2, -0.15) is 0 Å². The number of nitrogens with one attached hydrogen (secondary N) is 2. The van der Waals surface area contributed by atoms with Gasteiger partial charge in [-0.1, -0.05) is 18.6 Å². The molecule has 1 aliphatic rings. The Hall–Kier alpha value is -1.42. The molecular formula is C21H34FIN4O2. The lowest BCUT2D eigenvalue weighted by Gasteiger charge is -2.21. The van der Waals surface area contributed by atoms with E-state index in [4.69, 9.17) is 4.74 Å². The number of carbonyl (C=O) groups is 1. The summed E-state index contributed by atoms with van der Waals surface area (Å²) in [6.45, 7) is 5.60. The van der Waals surface area contributed by atoms with Crippen molar-refractivity contribution in [1.82, 2.24) is 15.5 Å². The number of methoxy groups -OCH3 is 1.